The van der Waals surface area contributed by atoms with Crippen LogP contribution in [0.4, 0.5) is 0 Å². The van der Waals surface area contributed by atoms with Crippen LogP contribution in [0, 0.1) is 5.92 Å². The number of hydrogen-bond acceptors (Lipinski definition) is 4. The summed E-state index contributed by atoms with van der Waals surface area (Å²) in [6, 6.07) is 0.628. The van der Waals surface area contributed by atoms with E-state index < -0.39 is 0 Å². The molecule has 0 saturated carbocycles. The fraction of sp³-hybridized carbons (Fsp3) is 1.00. The molecule has 0 spiro atoms. The van der Waals surface area contributed by atoms with Gasteiger partial charge in [-0.2, -0.15) is 0 Å². The molecule has 2 aliphatic rings. The van der Waals surface area contributed by atoms with E-state index in [1.807, 2.05) is 0 Å². The molecular weight excluding hydrogens is 250 g/mol. The fourth-order valence-electron chi connectivity index (χ4n) is 3.49. The van der Waals surface area contributed by atoms with Crippen LogP contribution in [0.2, 0.25) is 0 Å². The maximum atomic E-state index is 6.01. The van der Waals surface area contributed by atoms with Crippen molar-refractivity contribution in [3.05, 3.63) is 0 Å². The summed E-state index contributed by atoms with van der Waals surface area (Å²) in [6.45, 7) is 19.0. The van der Waals surface area contributed by atoms with Crippen molar-refractivity contribution >= 4 is 0 Å². The van der Waals surface area contributed by atoms with Gasteiger partial charge in [0.2, 0.25) is 0 Å². The van der Waals surface area contributed by atoms with Crippen LogP contribution in [-0.4, -0.2) is 73.4 Å². The second-order valence-electron chi connectivity index (χ2n) is 7.39. The predicted molar refractivity (Wildman–Crippen MR) is 84.1 cm³/mol. The van der Waals surface area contributed by atoms with E-state index >= 15 is 0 Å². The first-order valence-electron chi connectivity index (χ1n) is 8.24. The Kier molecular flexibility index (Phi) is 5.46. The summed E-state index contributed by atoms with van der Waals surface area (Å²) >= 11 is 0. The molecule has 2 fully saturated rings. The van der Waals surface area contributed by atoms with Crippen LogP contribution < -0.4 is 5.32 Å². The topological polar surface area (TPSA) is 27.7 Å². The third-order valence-electron chi connectivity index (χ3n) is 4.73. The molecule has 0 bridgehead atoms. The highest BCUT2D eigenvalue weighted by Gasteiger charge is 2.35. The summed E-state index contributed by atoms with van der Waals surface area (Å²) in [7, 11) is 0. The van der Waals surface area contributed by atoms with E-state index in [2.05, 4.69) is 49.7 Å². The van der Waals surface area contributed by atoms with Crippen LogP contribution in [0.15, 0.2) is 0 Å². The van der Waals surface area contributed by atoms with Gasteiger partial charge in [-0.15, -0.1) is 0 Å². The number of ether oxygens (including phenoxy) is 1. The van der Waals surface area contributed by atoms with Crippen LogP contribution in [0.3, 0.4) is 0 Å². The van der Waals surface area contributed by atoms with Crippen molar-refractivity contribution in [1.82, 2.24) is 15.1 Å². The van der Waals surface area contributed by atoms with E-state index in [1.165, 1.54) is 0 Å². The highest BCUT2D eigenvalue weighted by atomic mass is 16.5. The molecule has 2 heterocycles. The Bertz CT molecular complexity index is 306. The van der Waals surface area contributed by atoms with Crippen molar-refractivity contribution in [2.45, 2.75) is 52.3 Å². The smallest absolute Gasteiger partial charge is 0.0829 e. The normalized spacial score (nSPS) is 32.7. The van der Waals surface area contributed by atoms with Gasteiger partial charge >= 0.3 is 0 Å². The zero-order valence-corrected chi connectivity index (χ0v) is 14.0. The molecule has 4 nitrogen and oxygen atoms in total. The van der Waals surface area contributed by atoms with Gasteiger partial charge in [-0.25, -0.2) is 0 Å². The zero-order valence-electron chi connectivity index (χ0n) is 14.0. The van der Waals surface area contributed by atoms with E-state index in [-0.39, 0.29) is 5.54 Å². The Morgan fingerprint density at radius 2 is 2.10 bits per heavy atom. The van der Waals surface area contributed by atoms with Crippen LogP contribution in [0.25, 0.3) is 0 Å². The Morgan fingerprint density at radius 1 is 1.35 bits per heavy atom. The number of morpholine rings is 1. The lowest BCUT2D eigenvalue weighted by molar-refractivity contribution is -0.0592. The van der Waals surface area contributed by atoms with Crippen molar-refractivity contribution < 1.29 is 4.74 Å². The molecule has 0 aromatic carbocycles. The van der Waals surface area contributed by atoms with Gasteiger partial charge in [-0.3, -0.25) is 9.80 Å². The first-order valence-corrected chi connectivity index (χ1v) is 8.24. The molecule has 2 unspecified atom stereocenters. The molecule has 0 radical (unpaired) electrons. The van der Waals surface area contributed by atoms with Crippen LogP contribution in [0.5, 0.6) is 0 Å². The van der Waals surface area contributed by atoms with Gasteiger partial charge in [0.05, 0.1) is 12.7 Å². The molecule has 0 amide bonds. The summed E-state index contributed by atoms with van der Waals surface area (Å²) in [5.74, 6) is 0.685. The van der Waals surface area contributed by atoms with Gasteiger partial charge in [0.25, 0.3) is 0 Å². The van der Waals surface area contributed by atoms with Crippen molar-refractivity contribution in [1.29, 1.82) is 0 Å². The fourth-order valence-corrected chi connectivity index (χ4v) is 3.49. The molecule has 118 valence electrons. The minimum Gasteiger partial charge on any atom is -0.374 e. The summed E-state index contributed by atoms with van der Waals surface area (Å²) in [5, 5.41) is 3.68. The zero-order chi connectivity index (χ0) is 14.8. The molecule has 1 N–H and O–H groups in total. The molecule has 0 aromatic rings. The van der Waals surface area contributed by atoms with Gasteiger partial charge in [0.1, 0.15) is 0 Å². The van der Waals surface area contributed by atoms with Gasteiger partial charge in [-0.1, -0.05) is 20.8 Å². The third-order valence-corrected chi connectivity index (χ3v) is 4.73. The summed E-state index contributed by atoms with van der Waals surface area (Å²) in [6.07, 6.45) is 0.374. The molecule has 2 saturated heterocycles. The maximum Gasteiger partial charge on any atom is 0.0829 e. The number of piperazine rings is 1. The number of nitrogens with one attached hydrogen (secondary N) is 1. The van der Waals surface area contributed by atoms with E-state index in [1.54, 1.807) is 0 Å². The highest BCUT2D eigenvalue weighted by molar-refractivity contribution is 4.94. The molecule has 2 rings (SSSR count). The molecular formula is C16H33N3O. The van der Waals surface area contributed by atoms with Gasteiger partial charge in [-0.05, 0) is 26.3 Å². The lowest BCUT2D eigenvalue weighted by Gasteiger charge is -2.48. The first kappa shape index (κ1) is 16.2. The Labute approximate surface area is 124 Å². The quantitative estimate of drug-likeness (QED) is 0.844. The molecule has 0 aliphatic carbocycles. The Morgan fingerprint density at radius 3 is 2.75 bits per heavy atom. The van der Waals surface area contributed by atoms with Crippen LogP contribution >= 0.6 is 0 Å². The SMILES string of the molecule is CCN1CCOC(CN2CC(C)(C)NCC2C(C)C)C1. The number of hydrogen-bond donors (Lipinski definition) is 1. The number of nitrogens with zero attached hydrogens (tertiary/aromatic N) is 2. The minimum absolute atomic E-state index is 0.213. The molecule has 2 aliphatic heterocycles. The van der Waals surface area contributed by atoms with Gasteiger partial charge < -0.3 is 10.1 Å². The van der Waals surface area contributed by atoms with Crippen LogP contribution in [0.1, 0.15) is 34.6 Å². The minimum atomic E-state index is 0.213. The van der Waals surface area contributed by atoms with Crippen molar-refractivity contribution in [2.75, 3.05) is 45.9 Å². The van der Waals surface area contributed by atoms with Crippen molar-refractivity contribution in [2.24, 2.45) is 5.92 Å². The largest absolute Gasteiger partial charge is 0.374 e. The van der Waals surface area contributed by atoms with E-state index in [4.69, 9.17) is 4.74 Å². The second kappa shape index (κ2) is 6.73. The van der Waals surface area contributed by atoms with E-state index in [0.29, 0.717) is 18.1 Å². The summed E-state index contributed by atoms with van der Waals surface area (Å²) < 4.78 is 6.01. The first-order chi connectivity index (χ1) is 9.41. The number of likely N-dealkylation sites (N-methyl/N-ethyl adjacent to an activating group) is 1. The predicted octanol–water partition coefficient (Wildman–Crippen LogP) is 1.42. The molecule has 2 atom stereocenters. The summed E-state index contributed by atoms with van der Waals surface area (Å²) in [4.78, 5) is 5.16. The standard InChI is InChI=1S/C16H33N3O/c1-6-18-7-8-20-14(10-18)11-19-12-16(4,5)17-9-15(19)13(2)3/h13-15,17H,6-12H2,1-5H3. The van der Waals surface area contributed by atoms with Gasteiger partial charge in [0, 0.05) is 44.3 Å². The molecule has 0 aromatic heterocycles. The van der Waals surface area contributed by atoms with Crippen molar-refractivity contribution in [3.8, 4) is 0 Å². The van der Waals surface area contributed by atoms with E-state index in [9.17, 15) is 0 Å². The maximum absolute atomic E-state index is 6.01. The third kappa shape index (κ3) is 4.17. The summed E-state index contributed by atoms with van der Waals surface area (Å²) in [5.41, 5.74) is 0.213. The lowest BCUT2D eigenvalue weighted by atomic mass is 9.92. The van der Waals surface area contributed by atoms with Gasteiger partial charge in [0.15, 0.2) is 0 Å². The molecule has 20 heavy (non-hydrogen) atoms. The monoisotopic (exact) mass is 283 g/mol. The molecule has 4 heteroatoms. The average molecular weight is 283 g/mol. The van der Waals surface area contributed by atoms with Crippen LogP contribution in [-0.2, 0) is 4.74 Å². The average Bonchev–Trinajstić information content (AvgIpc) is 2.37. The Balaban J connectivity index is 1.96. The van der Waals surface area contributed by atoms with Crippen molar-refractivity contribution in [3.63, 3.8) is 0 Å². The highest BCUT2D eigenvalue weighted by Crippen LogP contribution is 2.21. The number of rotatable bonds is 4. The second-order valence-corrected chi connectivity index (χ2v) is 7.39. The lowest BCUT2D eigenvalue weighted by Crippen LogP contribution is -2.64. The Hall–Kier alpha value is -0.160. The van der Waals surface area contributed by atoms with E-state index in [0.717, 1.165) is 45.9 Å².